The van der Waals surface area contributed by atoms with E-state index < -0.39 is 0 Å². The molecule has 3 rings (SSSR count). The van der Waals surface area contributed by atoms with E-state index in [0.29, 0.717) is 17.0 Å². The van der Waals surface area contributed by atoms with Crippen LogP contribution in [-0.2, 0) is 4.79 Å². The van der Waals surface area contributed by atoms with E-state index in [0.717, 1.165) is 10.3 Å². The van der Waals surface area contributed by atoms with Crippen molar-refractivity contribution in [1.29, 1.82) is 0 Å². The Morgan fingerprint density at radius 3 is 2.61 bits per heavy atom. The Morgan fingerprint density at radius 1 is 1.04 bits per heavy atom. The summed E-state index contributed by atoms with van der Waals surface area (Å²) in [6, 6.07) is 18.6. The highest BCUT2D eigenvalue weighted by molar-refractivity contribution is 8.00. The summed E-state index contributed by atoms with van der Waals surface area (Å²) in [5, 5.41) is 5.16. The summed E-state index contributed by atoms with van der Waals surface area (Å²) >= 11 is 1.49. The fourth-order valence-electron chi connectivity index (χ4n) is 2.36. The maximum Gasteiger partial charge on any atom is 0.234 e. The van der Waals surface area contributed by atoms with Crippen LogP contribution >= 0.6 is 11.8 Å². The van der Waals surface area contributed by atoms with E-state index in [4.69, 9.17) is 0 Å². The lowest BCUT2D eigenvalue weighted by Gasteiger charge is -2.08. The van der Waals surface area contributed by atoms with Crippen molar-refractivity contribution in [2.24, 2.45) is 0 Å². The van der Waals surface area contributed by atoms with Gasteiger partial charge in [-0.25, -0.2) is 4.39 Å². The molecule has 0 bridgehead atoms. The molecule has 0 aromatic heterocycles. The molecule has 1 amide bonds. The third kappa shape index (κ3) is 3.90. The van der Waals surface area contributed by atoms with Crippen LogP contribution in [0.25, 0.3) is 10.8 Å². The lowest BCUT2D eigenvalue weighted by molar-refractivity contribution is -0.113. The lowest BCUT2D eigenvalue weighted by atomic mass is 10.1. The van der Waals surface area contributed by atoms with Crippen LogP contribution in [0.5, 0.6) is 0 Å². The van der Waals surface area contributed by atoms with Crippen LogP contribution in [0.1, 0.15) is 5.56 Å². The largest absolute Gasteiger partial charge is 0.325 e. The SMILES string of the molecule is Cc1cc(F)ccc1NC(=O)CSc1ccc2ccccc2c1. The van der Waals surface area contributed by atoms with Crippen molar-refractivity contribution in [1.82, 2.24) is 0 Å². The number of hydrogen-bond donors (Lipinski definition) is 1. The van der Waals surface area contributed by atoms with Crippen molar-refractivity contribution in [2.45, 2.75) is 11.8 Å². The first-order chi connectivity index (χ1) is 11.1. The van der Waals surface area contributed by atoms with Gasteiger partial charge in [-0.15, -0.1) is 11.8 Å². The molecule has 0 aliphatic rings. The first-order valence-electron chi connectivity index (χ1n) is 7.29. The molecule has 0 aliphatic carbocycles. The molecular weight excluding hydrogens is 309 g/mol. The third-order valence-electron chi connectivity index (χ3n) is 3.55. The number of hydrogen-bond acceptors (Lipinski definition) is 2. The van der Waals surface area contributed by atoms with Gasteiger partial charge in [0.05, 0.1) is 5.75 Å². The van der Waals surface area contributed by atoms with Gasteiger partial charge in [0, 0.05) is 10.6 Å². The van der Waals surface area contributed by atoms with Gasteiger partial charge < -0.3 is 5.32 Å². The molecule has 23 heavy (non-hydrogen) atoms. The molecule has 1 N–H and O–H groups in total. The Kier molecular flexibility index (Phi) is 4.63. The van der Waals surface area contributed by atoms with Gasteiger partial charge in [-0.2, -0.15) is 0 Å². The number of amides is 1. The van der Waals surface area contributed by atoms with Crippen molar-refractivity contribution in [3.05, 3.63) is 72.0 Å². The molecule has 4 heteroatoms. The predicted octanol–water partition coefficient (Wildman–Crippen LogP) is 5.02. The van der Waals surface area contributed by atoms with Crippen molar-refractivity contribution < 1.29 is 9.18 Å². The average Bonchev–Trinajstić information content (AvgIpc) is 2.55. The second-order valence-electron chi connectivity index (χ2n) is 5.31. The highest BCUT2D eigenvalue weighted by Gasteiger charge is 2.07. The van der Waals surface area contributed by atoms with Crippen molar-refractivity contribution in [3.8, 4) is 0 Å². The smallest absolute Gasteiger partial charge is 0.234 e. The number of carbonyl (C=O) groups excluding carboxylic acids is 1. The first-order valence-corrected chi connectivity index (χ1v) is 8.28. The molecular formula is C19H16FNOS. The van der Waals surface area contributed by atoms with Gasteiger partial charge in [-0.1, -0.05) is 30.3 Å². The Morgan fingerprint density at radius 2 is 1.83 bits per heavy atom. The van der Waals surface area contributed by atoms with Crippen LogP contribution in [0.2, 0.25) is 0 Å². The Labute approximate surface area is 138 Å². The van der Waals surface area contributed by atoms with Gasteiger partial charge in [-0.05, 0) is 53.6 Å². The Bertz CT molecular complexity index is 863. The minimum absolute atomic E-state index is 0.0992. The van der Waals surface area contributed by atoms with Gasteiger partial charge >= 0.3 is 0 Å². The maximum atomic E-state index is 13.1. The van der Waals surface area contributed by atoms with Crippen LogP contribution in [0.4, 0.5) is 10.1 Å². The molecule has 0 saturated carbocycles. The third-order valence-corrected chi connectivity index (χ3v) is 4.55. The molecule has 3 aromatic carbocycles. The summed E-state index contributed by atoms with van der Waals surface area (Å²) in [7, 11) is 0. The second kappa shape index (κ2) is 6.84. The quantitative estimate of drug-likeness (QED) is 0.683. The topological polar surface area (TPSA) is 29.1 Å². The van der Waals surface area contributed by atoms with Crippen LogP contribution in [0, 0.1) is 12.7 Å². The van der Waals surface area contributed by atoms with Crippen LogP contribution in [0.15, 0.2) is 65.6 Å². The molecule has 0 unspecified atom stereocenters. The van der Waals surface area contributed by atoms with E-state index in [1.807, 2.05) is 18.2 Å². The molecule has 0 spiro atoms. The number of benzene rings is 3. The molecule has 0 saturated heterocycles. The van der Waals surface area contributed by atoms with Crippen molar-refractivity contribution >= 4 is 34.1 Å². The number of anilines is 1. The van der Waals surface area contributed by atoms with Crippen molar-refractivity contribution in [2.75, 3.05) is 11.1 Å². The zero-order valence-corrected chi connectivity index (χ0v) is 13.5. The zero-order valence-electron chi connectivity index (χ0n) is 12.7. The lowest BCUT2D eigenvalue weighted by Crippen LogP contribution is -2.14. The summed E-state index contributed by atoms with van der Waals surface area (Å²) in [6.45, 7) is 1.77. The summed E-state index contributed by atoms with van der Waals surface area (Å²) in [5.41, 5.74) is 1.37. The van der Waals surface area contributed by atoms with Gasteiger partial charge in [0.25, 0.3) is 0 Å². The Hall–Kier alpha value is -2.33. The number of carbonyl (C=O) groups is 1. The minimum atomic E-state index is -0.300. The number of thioether (sulfide) groups is 1. The summed E-state index contributed by atoms with van der Waals surface area (Å²) in [5.74, 6) is -0.0845. The fraction of sp³-hybridized carbons (Fsp3) is 0.105. The van der Waals surface area contributed by atoms with Gasteiger partial charge in [0.1, 0.15) is 5.82 Å². The van der Waals surface area contributed by atoms with Gasteiger partial charge in [0.15, 0.2) is 0 Å². The number of aryl methyl sites for hydroxylation is 1. The summed E-state index contributed by atoms with van der Waals surface area (Å²) < 4.78 is 13.1. The minimum Gasteiger partial charge on any atom is -0.325 e. The van der Waals surface area contributed by atoms with Crippen molar-refractivity contribution in [3.63, 3.8) is 0 Å². The van der Waals surface area contributed by atoms with E-state index in [1.54, 1.807) is 13.0 Å². The normalized spacial score (nSPS) is 10.7. The standard InChI is InChI=1S/C19H16FNOS/c1-13-10-16(20)7-9-18(13)21-19(22)12-23-17-8-6-14-4-2-3-5-15(14)11-17/h2-11H,12H2,1H3,(H,21,22). The maximum absolute atomic E-state index is 13.1. The molecule has 116 valence electrons. The van der Waals surface area contributed by atoms with E-state index in [2.05, 4.69) is 29.6 Å². The average molecular weight is 325 g/mol. The second-order valence-corrected chi connectivity index (χ2v) is 6.35. The number of halogens is 1. The number of rotatable bonds is 4. The van der Waals surface area contributed by atoms with E-state index in [9.17, 15) is 9.18 Å². The van der Waals surface area contributed by atoms with Crippen LogP contribution < -0.4 is 5.32 Å². The molecule has 0 atom stereocenters. The molecule has 0 fully saturated rings. The van der Waals surface area contributed by atoms with E-state index >= 15 is 0 Å². The fourth-order valence-corrected chi connectivity index (χ4v) is 3.10. The first kappa shape index (κ1) is 15.6. The van der Waals surface area contributed by atoms with Crippen LogP contribution in [0.3, 0.4) is 0 Å². The van der Waals surface area contributed by atoms with Gasteiger partial charge in [0.2, 0.25) is 5.91 Å². The highest BCUT2D eigenvalue weighted by Crippen LogP contribution is 2.24. The monoisotopic (exact) mass is 325 g/mol. The predicted molar refractivity (Wildman–Crippen MR) is 94.4 cm³/mol. The molecule has 0 aliphatic heterocycles. The number of nitrogens with one attached hydrogen (secondary N) is 1. The number of fused-ring (bicyclic) bond motifs is 1. The molecule has 0 heterocycles. The molecule has 2 nitrogen and oxygen atoms in total. The molecule has 3 aromatic rings. The summed E-state index contributed by atoms with van der Waals surface area (Å²) in [4.78, 5) is 13.1. The highest BCUT2D eigenvalue weighted by atomic mass is 32.2. The van der Waals surface area contributed by atoms with E-state index in [1.165, 1.54) is 29.3 Å². The molecule has 0 radical (unpaired) electrons. The summed E-state index contributed by atoms with van der Waals surface area (Å²) in [6.07, 6.45) is 0. The Balaban J connectivity index is 1.63. The van der Waals surface area contributed by atoms with Crippen LogP contribution in [-0.4, -0.2) is 11.7 Å². The van der Waals surface area contributed by atoms with Gasteiger partial charge in [-0.3, -0.25) is 4.79 Å². The zero-order chi connectivity index (χ0) is 16.2. The van der Waals surface area contributed by atoms with E-state index in [-0.39, 0.29) is 11.7 Å².